The SMILES string of the molecule is Cc1nc(-c2ccccc2)sc1C(=O)O[C@H](C)C(=O)NC(C)(C)C. The Morgan fingerprint density at radius 2 is 1.83 bits per heavy atom. The maximum atomic E-state index is 12.4. The molecule has 24 heavy (non-hydrogen) atoms. The van der Waals surface area contributed by atoms with Gasteiger partial charge in [0.25, 0.3) is 5.91 Å². The second-order valence-corrected chi connectivity index (χ2v) is 7.59. The van der Waals surface area contributed by atoms with E-state index >= 15 is 0 Å². The smallest absolute Gasteiger partial charge is 0.351 e. The predicted octanol–water partition coefficient (Wildman–Crippen LogP) is 3.58. The predicted molar refractivity (Wildman–Crippen MR) is 95.1 cm³/mol. The third kappa shape index (κ3) is 4.64. The van der Waals surface area contributed by atoms with Crippen LogP contribution >= 0.6 is 11.3 Å². The number of amides is 1. The topological polar surface area (TPSA) is 68.3 Å². The molecule has 1 N–H and O–H groups in total. The molecule has 0 bridgehead atoms. The number of carbonyl (C=O) groups is 2. The zero-order chi connectivity index (χ0) is 17.9. The molecule has 128 valence electrons. The van der Waals surface area contributed by atoms with Crippen LogP contribution in [0.3, 0.4) is 0 Å². The number of carbonyl (C=O) groups excluding carboxylic acids is 2. The molecule has 0 saturated heterocycles. The van der Waals surface area contributed by atoms with Crippen molar-refractivity contribution in [3.63, 3.8) is 0 Å². The van der Waals surface area contributed by atoms with Crippen LogP contribution in [0.1, 0.15) is 43.1 Å². The first-order valence-electron chi connectivity index (χ1n) is 7.73. The van der Waals surface area contributed by atoms with Crippen molar-refractivity contribution >= 4 is 23.2 Å². The van der Waals surface area contributed by atoms with Gasteiger partial charge < -0.3 is 10.1 Å². The third-order valence-electron chi connectivity index (χ3n) is 3.15. The highest BCUT2D eigenvalue weighted by Gasteiger charge is 2.25. The first kappa shape index (κ1) is 18.1. The minimum atomic E-state index is -0.863. The molecule has 0 unspecified atom stereocenters. The molecule has 0 fully saturated rings. The van der Waals surface area contributed by atoms with Gasteiger partial charge >= 0.3 is 5.97 Å². The molecule has 1 aromatic carbocycles. The molecule has 1 heterocycles. The van der Waals surface area contributed by atoms with Gasteiger partial charge in [-0.2, -0.15) is 0 Å². The molecule has 0 aliphatic heterocycles. The fourth-order valence-electron chi connectivity index (χ4n) is 2.03. The molecule has 1 amide bonds. The van der Waals surface area contributed by atoms with Crippen molar-refractivity contribution in [2.75, 3.05) is 0 Å². The Morgan fingerprint density at radius 1 is 1.21 bits per heavy atom. The number of nitrogens with zero attached hydrogens (tertiary/aromatic N) is 1. The average molecular weight is 346 g/mol. The van der Waals surface area contributed by atoms with E-state index in [1.54, 1.807) is 13.8 Å². The van der Waals surface area contributed by atoms with Gasteiger partial charge in [0.05, 0.1) is 5.69 Å². The summed E-state index contributed by atoms with van der Waals surface area (Å²) in [7, 11) is 0. The molecule has 2 rings (SSSR count). The molecule has 0 aliphatic rings. The Kier molecular flexibility index (Phi) is 5.39. The van der Waals surface area contributed by atoms with Crippen molar-refractivity contribution in [2.24, 2.45) is 0 Å². The molecule has 1 atom stereocenters. The fourth-order valence-corrected chi connectivity index (χ4v) is 2.98. The zero-order valence-corrected chi connectivity index (χ0v) is 15.4. The van der Waals surface area contributed by atoms with Gasteiger partial charge in [0.2, 0.25) is 0 Å². The van der Waals surface area contributed by atoms with Gasteiger partial charge in [-0.3, -0.25) is 4.79 Å². The van der Waals surface area contributed by atoms with Crippen LogP contribution in [0, 0.1) is 6.92 Å². The van der Waals surface area contributed by atoms with Gasteiger partial charge in [-0.1, -0.05) is 30.3 Å². The summed E-state index contributed by atoms with van der Waals surface area (Å²) >= 11 is 1.27. The van der Waals surface area contributed by atoms with E-state index in [0.29, 0.717) is 10.6 Å². The van der Waals surface area contributed by atoms with Gasteiger partial charge in [-0.25, -0.2) is 9.78 Å². The van der Waals surface area contributed by atoms with E-state index in [-0.39, 0.29) is 11.4 Å². The van der Waals surface area contributed by atoms with Crippen molar-refractivity contribution < 1.29 is 14.3 Å². The van der Waals surface area contributed by atoms with E-state index in [1.807, 2.05) is 51.1 Å². The number of aryl methyl sites for hydroxylation is 1. The van der Waals surface area contributed by atoms with E-state index in [1.165, 1.54) is 11.3 Å². The number of aromatic nitrogens is 1. The van der Waals surface area contributed by atoms with Gasteiger partial charge in [0.15, 0.2) is 6.10 Å². The lowest BCUT2D eigenvalue weighted by Gasteiger charge is -2.23. The Bertz CT molecular complexity index is 732. The van der Waals surface area contributed by atoms with Gasteiger partial charge in [-0.15, -0.1) is 11.3 Å². The first-order chi connectivity index (χ1) is 11.2. The van der Waals surface area contributed by atoms with Crippen LogP contribution in [0.2, 0.25) is 0 Å². The fraction of sp³-hybridized carbons (Fsp3) is 0.389. The largest absolute Gasteiger partial charge is 0.448 e. The Hall–Kier alpha value is -2.21. The Balaban J connectivity index is 2.10. The lowest BCUT2D eigenvalue weighted by Crippen LogP contribution is -2.46. The van der Waals surface area contributed by atoms with Crippen molar-refractivity contribution in [2.45, 2.75) is 46.3 Å². The molecule has 0 aliphatic carbocycles. The summed E-state index contributed by atoms with van der Waals surface area (Å²) in [5.41, 5.74) is 1.17. The molecule has 0 saturated carbocycles. The molecule has 1 aromatic heterocycles. The van der Waals surface area contributed by atoms with Crippen LogP contribution in [0.25, 0.3) is 10.6 Å². The van der Waals surface area contributed by atoms with Crippen LogP contribution in [-0.4, -0.2) is 28.5 Å². The zero-order valence-electron chi connectivity index (χ0n) is 14.5. The summed E-state index contributed by atoms with van der Waals surface area (Å²) in [5.74, 6) is -0.843. The number of ether oxygens (including phenoxy) is 1. The van der Waals surface area contributed by atoms with Crippen molar-refractivity contribution in [3.8, 4) is 10.6 Å². The van der Waals surface area contributed by atoms with Gasteiger partial charge in [0, 0.05) is 11.1 Å². The highest BCUT2D eigenvalue weighted by Crippen LogP contribution is 2.28. The van der Waals surface area contributed by atoms with Crippen molar-refractivity contribution in [3.05, 3.63) is 40.9 Å². The lowest BCUT2D eigenvalue weighted by atomic mass is 10.1. The quantitative estimate of drug-likeness (QED) is 0.859. The summed E-state index contributed by atoms with van der Waals surface area (Å²) in [6.45, 7) is 8.95. The van der Waals surface area contributed by atoms with Crippen LogP contribution < -0.4 is 5.32 Å². The van der Waals surface area contributed by atoms with Gasteiger partial charge in [-0.05, 0) is 34.6 Å². The summed E-state index contributed by atoms with van der Waals surface area (Å²) in [6, 6.07) is 9.64. The standard InChI is InChI=1S/C18H22N2O3S/c1-11-14(24-16(19-11)13-9-7-6-8-10-13)17(22)23-12(2)15(21)20-18(3,4)5/h6-10,12H,1-5H3,(H,20,21)/t12-/m1/s1. The number of thiazole rings is 1. The van der Waals surface area contributed by atoms with Crippen LogP contribution in [0.5, 0.6) is 0 Å². The molecular formula is C18H22N2O3S. The Labute approximate surface area is 146 Å². The first-order valence-corrected chi connectivity index (χ1v) is 8.55. The number of nitrogens with one attached hydrogen (secondary N) is 1. The highest BCUT2D eigenvalue weighted by molar-refractivity contribution is 7.17. The molecule has 0 radical (unpaired) electrons. The maximum absolute atomic E-state index is 12.4. The number of benzene rings is 1. The monoisotopic (exact) mass is 346 g/mol. The lowest BCUT2D eigenvalue weighted by molar-refractivity contribution is -0.130. The van der Waals surface area contributed by atoms with Crippen molar-refractivity contribution in [1.29, 1.82) is 0 Å². The summed E-state index contributed by atoms with van der Waals surface area (Å²) in [5, 5.41) is 3.55. The third-order valence-corrected chi connectivity index (χ3v) is 4.34. The second-order valence-electron chi connectivity index (χ2n) is 6.59. The maximum Gasteiger partial charge on any atom is 0.351 e. The highest BCUT2D eigenvalue weighted by atomic mass is 32.1. The van der Waals surface area contributed by atoms with E-state index < -0.39 is 12.1 Å². The van der Waals surface area contributed by atoms with E-state index in [0.717, 1.165) is 10.6 Å². The number of esters is 1. The minimum absolute atomic E-state index is 0.318. The molecular weight excluding hydrogens is 324 g/mol. The number of rotatable bonds is 4. The molecule has 6 heteroatoms. The minimum Gasteiger partial charge on any atom is -0.448 e. The van der Waals surface area contributed by atoms with E-state index in [9.17, 15) is 9.59 Å². The second kappa shape index (κ2) is 7.13. The van der Waals surface area contributed by atoms with Crippen LogP contribution in [-0.2, 0) is 9.53 Å². The number of hydrogen-bond acceptors (Lipinski definition) is 5. The molecule has 5 nitrogen and oxygen atoms in total. The Morgan fingerprint density at radius 3 is 2.42 bits per heavy atom. The summed E-state index contributed by atoms with van der Waals surface area (Å²) < 4.78 is 5.29. The summed E-state index contributed by atoms with van der Waals surface area (Å²) in [4.78, 5) is 29.2. The van der Waals surface area contributed by atoms with Crippen LogP contribution in [0.4, 0.5) is 0 Å². The van der Waals surface area contributed by atoms with E-state index in [2.05, 4.69) is 10.3 Å². The number of hydrogen-bond donors (Lipinski definition) is 1. The molecule has 2 aromatic rings. The van der Waals surface area contributed by atoms with Crippen molar-refractivity contribution in [1.82, 2.24) is 10.3 Å². The molecule has 0 spiro atoms. The van der Waals surface area contributed by atoms with Gasteiger partial charge in [0.1, 0.15) is 9.88 Å². The van der Waals surface area contributed by atoms with Crippen LogP contribution in [0.15, 0.2) is 30.3 Å². The summed E-state index contributed by atoms with van der Waals surface area (Å²) in [6.07, 6.45) is -0.863. The normalized spacial score (nSPS) is 12.5. The average Bonchev–Trinajstić information content (AvgIpc) is 2.88. The van der Waals surface area contributed by atoms with E-state index in [4.69, 9.17) is 4.74 Å².